The van der Waals surface area contributed by atoms with Crippen LogP contribution in [0, 0.1) is 0 Å². The number of hydrogen-bond acceptors (Lipinski definition) is 3. The van der Waals surface area contributed by atoms with E-state index in [1.54, 1.807) is 13.2 Å². The second-order valence-corrected chi connectivity index (χ2v) is 2.64. The lowest BCUT2D eigenvalue weighted by atomic mass is 10.3. The molecular weight excluding hydrogens is 170 g/mol. The maximum atomic E-state index is 11.1. The van der Waals surface area contributed by atoms with E-state index in [4.69, 9.17) is 9.47 Å². The van der Waals surface area contributed by atoms with Gasteiger partial charge in [-0.1, -0.05) is 6.08 Å². The molecule has 1 amide bonds. The topological polar surface area (TPSA) is 47.6 Å². The standard InChI is InChI=1S/C9H17NO3/c1-4-8(2)10-9(11)7-13-6-5-12-3/h4,8H,1,5-7H2,2-3H3,(H,10,11). The van der Waals surface area contributed by atoms with Gasteiger partial charge in [-0.25, -0.2) is 0 Å². The van der Waals surface area contributed by atoms with Crippen LogP contribution in [0.15, 0.2) is 12.7 Å². The Morgan fingerprint density at radius 1 is 1.62 bits per heavy atom. The third-order valence-corrected chi connectivity index (χ3v) is 1.41. The number of carbonyl (C=O) groups is 1. The summed E-state index contributed by atoms with van der Waals surface area (Å²) in [5.41, 5.74) is 0. The molecule has 13 heavy (non-hydrogen) atoms. The molecule has 0 spiro atoms. The molecule has 0 fully saturated rings. The first-order valence-corrected chi connectivity index (χ1v) is 4.19. The second-order valence-electron chi connectivity index (χ2n) is 2.64. The molecule has 76 valence electrons. The summed E-state index contributed by atoms with van der Waals surface area (Å²) in [4.78, 5) is 11.1. The van der Waals surface area contributed by atoms with Gasteiger partial charge in [0.05, 0.1) is 13.2 Å². The van der Waals surface area contributed by atoms with E-state index < -0.39 is 0 Å². The zero-order chi connectivity index (χ0) is 10.1. The molecule has 0 radical (unpaired) electrons. The van der Waals surface area contributed by atoms with Crippen LogP contribution in [0.4, 0.5) is 0 Å². The van der Waals surface area contributed by atoms with Crippen LogP contribution in [-0.2, 0) is 14.3 Å². The SMILES string of the molecule is C=CC(C)NC(=O)COCCOC. The maximum absolute atomic E-state index is 11.1. The Kier molecular flexibility index (Phi) is 7.24. The summed E-state index contributed by atoms with van der Waals surface area (Å²) in [6.07, 6.45) is 1.66. The van der Waals surface area contributed by atoms with Gasteiger partial charge in [-0.05, 0) is 6.92 Å². The molecule has 0 aliphatic heterocycles. The molecule has 4 heteroatoms. The number of rotatable bonds is 7. The van der Waals surface area contributed by atoms with Gasteiger partial charge in [0.1, 0.15) is 6.61 Å². The highest BCUT2D eigenvalue weighted by Gasteiger charge is 2.02. The highest BCUT2D eigenvalue weighted by atomic mass is 16.5. The minimum Gasteiger partial charge on any atom is -0.382 e. The van der Waals surface area contributed by atoms with Crippen molar-refractivity contribution in [2.75, 3.05) is 26.9 Å². The Bertz CT molecular complexity index is 159. The first-order chi connectivity index (χ1) is 6.20. The molecule has 0 aliphatic rings. The summed E-state index contributed by atoms with van der Waals surface area (Å²) in [5, 5.41) is 2.68. The van der Waals surface area contributed by atoms with Crippen LogP contribution in [0.1, 0.15) is 6.92 Å². The highest BCUT2D eigenvalue weighted by Crippen LogP contribution is 1.82. The minimum absolute atomic E-state index is 0.0153. The molecule has 1 unspecified atom stereocenters. The fraction of sp³-hybridized carbons (Fsp3) is 0.667. The monoisotopic (exact) mass is 187 g/mol. The predicted molar refractivity (Wildman–Crippen MR) is 50.5 cm³/mol. The molecule has 4 nitrogen and oxygen atoms in total. The van der Waals surface area contributed by atoms with Gasteiger partial charge in [0.2, 0.25) is 5.91 Å². The van der Waals surface area contributed by atoms with Gasteiger partial charge in [-0.15, -0.1) is 6.58 Å². The predicted octanol–water partition coefficient (Wildman–Crippen LogP) is 0.340. The number of nitrogens with one attached hydrogen (secondary N) is 1. The summed E-state index contributed by atoms with van der Waals surface area (Å²) in [6, 6.07) is -0.0153. The third kappa shape index (κ3) is 7.49. The Hall–Kier alpha value is -0.870. The quantitative estimate of drug-likeness (QED) is 0.462. The smallest absolute Gasteiger partial charge is 0.246 e. The minimum atomic E-state index is -0.136. The van der Waals surface area contributed by atoms with Crippen molar-refractivity contribution in [3.63, 3.8) is 0 Å². The summed E-state index contributed by atoms with van der Waals surface area (Å²) < 4.78 is 9.76. The van der Waals surface area contributed by atoms with Crippen LogP contribution in [0.5, 0.6) is 0 Å². The van der Waals surface area contributed by atoms with E-state index in [0.29, 0.717) is 13.2 Å². The van der Waals surface area contributed by atoms with E-state index in [1.807, 2.05) is 6.92 Å². The van der Waals surface area contributed by atoms with Gasteiger partial charge < -0.3 is 14.8 Å². The molecule has 0 aliphatic carbocycles. The molecule has 0 saturated heterocycles. The van der Waals surface area contributed by atoms with Gasteiger partial charge in [0, 0.05) is 13.2 Å². The molecule has 0 aromatic heterocycles. The second kappa shape index (κ2) is 7.76. The van der Waals surface area contributed by atoms with Gasteiger partial charge in [0.15, 0.2) is 0 Å². The lowest BCUT2D eigenvalue weighted by Crippen LogP contribution is -2.34. The average Bonchev–Trinajstić information content (AvgIpc) is 2.12. The van der Waals surface area contributed by atoms with Crippen LogP contribution in [-0.4, -0.2) is 38.9 Å². The molecule has 0 rings (SSSR count). The Labute approximate surface area is 78.9 Å². The van der Waals surface area contributed by atoms with Crippen molar-refractivity contribution in [1.29, 1.82) is 0 Å². The van der Waals surface area contributed by atoms with Crippen LogP contribution in [0.25, 0.3) is 0 Å². The average molecular weight is 187 g/mol. The van der Waals surface area contributed by atoms with Crippen molar-refractivity contribution in [1.82, 2.24) is 5.32 Å². The molecule has 0 aromatic carbocycles. The Morgan fingerprint density at radius 2 is 2.31 bits per heavy atom. The molecule has 1 N–H and O–H groups in total. The van der Waals surface area contributed by atoms with Crippen molar-refractivity contribution in [3.05, 3.63) is 12.7 Å². The Morgan fingerprint density at radius 3 is 2.85 bits per heavy atom. The summed E-state index contributed by atoms with van der Waals surface area (Å²) in [5.74, 6) is -0.136. The fourth-order valence-corrected chi connectivity index (χ4v) is 0.662. The number of amides is 1. The van der Waals surface area contributed by atoms with E-state index >= 15 is 0 Å². The van der Waals surface area contributed by atoms with Gasteiger partial charge in [-0.2, -0.15) is 0 Å². The number of carbonyl (C=O) groups excluding carboxylic acids is 1. The first kappa shape index (κ1) is 12.1. The first-order valence-electron chi connectivity index (χ1n) is 4.19. The molecule has 1 atom stereocenters. The highest BCUT2D eigenvalue weighted by molar-refractivity contribution is 5.77. The van der Waals surface area contributed by atoms with Crippen molar-refractivity contribution in [2.24, 2.45) is 0 Å². The largest absolute Gasteiger partial charge is 0.382 e. The molecule has 0 saturated carbocycles. The molecule has 0 bridgehead atoms. The van der Waals surface area contributed by atoms with Crippen LogP contribution < -0.4 is 5.32 Å². The van der Waals surface area contributed by atoms with Gasteiger partial charge in [0.25, 0.3) is 0 Å². The van der Waals surface area contributed by atoms with Crippen molar-refractivity contribution < 1.29 is 14.3 Å². The number of methoxy groups -OCH3 is 1. The van der Waals surface area contributed by atoms with Gasteiger partial charge in [-0.3, -0.25) is 4.79 Å². The van der Waals surface area contributed by atoms with E-state index in [-0.39, 0.29) is 18.6 Å². The lowest BCUT2D eigenvalue weighted by Gasteiger charge is -2.09. The van der Waals surface area contributed by atoms with E-state index in [0.717, 1.165) is 0 Å². The number of ether oxygens (including phenoxy) is 2. The van der Waals surface area contributed by atoms with E-state index in [9.17, 15) is 4.79 Å². The van der Waals surface area contributed by atoms with Crippen LogP contribution in [0.3, 0.4) is 0 Å². The van der Waals surface area contributed by atoms with Crippen molar-refractivity contribution in [3.8, 4) is 0 Å². The zero-order valence-electron chi connectivity index (χ0n) is 8.21. The van der Waals surface area contributed by atoms with Crippen molar-refractivity contribution >= 4 is 5.91 Å². The maximum Gasteiger partial charge on any atom is 0.246 e. The molecular formula is C9H17NO3. The van der Waals surface area contributed by atoms with Crippen LogP contribution in [0.2, 0.25) is 0 Å². The van der Waals surface area contributed by atoms with Gasteiger partial charge >= 0.3 is 0 Å². The molecule has 0 heterocycles. The molecule has 0 aromatic rings. The number of hydrogen-bond donors (Lipinski definition) is 1. The van der Waals surface area contributed by atoms with E-state index in [2.05, 4.69) is 11.9 Å². The van der Waals surface area contributed by atoms with Crippen LogP contribution >= 0.6 is 0 Å². The normalized spacial score (nSPS) is 12.2. The fourth-order valence-electron chi connectivity index (χ4n) is 0.662. The van der Waals surface area contributed by atoms with E-state index in [1.165, 1.54) is 0 Å². The Balaban J connectivity index is 3.35. The zero-order valence-corrected chi connectivity index (χ0v) is 8.21. The third-order valence-electron chi connectivity index (χ3n) is 1.41. The summed E-state index contributed by atoms with van der Waals surface area (Å²) >= 11 is 0. The summed E-state index contributed by atoms with van der Waals surface area (Å²) in [7, 11) is 1.59. The van der Waals surface area contributed by atoms with Crippen molar-refractivity contribution in [2.45, 2.75) is 13.0 Å². The lowest BCUT2D eigenvalue weighted by molar-refractivity contribution is -0.126. The summed E-state index contributed by atoms with van der Waals surface area (Å²) in [6.45, 7) is 6.41.